The molecule has 0 radical (unpaired) electrons. The first-order valence-corrected chi connectivity index (χ1v) is 4.20. The minimum atomic E-state index is -0.354. The highest BCUT2D eigenvalue weighted by atomic mass is 16.5. The molecule has 0 fully saturated rings. The molecule has 0 saturated heterocycles. The lowest BCUT2D eigenvalue weighted by Crippen LogP contribution is -2.11. The van der Waals surface area contributed by atoms with Crippen LogP contribution in [0.3, 0.4) is 0 Å². The second-order valence-electron chi connectivity index (χ2n) is 3.05. The van der Waals surface area contributed by atoms with E-state index in [9.17, 15) is 4.79 Å². The molecule has 2 rings (SSSR count). The van der Waals surface area contributed by atoms with Gasteiger partial charge in [0.15, 0.2) is 0 Å². The highest BCUT2D eigenvalue weighted by Gasteiger charge is 2.25. The molecule has 2 nitrogen and oxygen atoms in total. The van der Waals surface area contributed by atoms with Gasteiger partial charge in [-0.2, -0.15) is 0 Å². The molecule has 13 heavy (non-hydrogen) atoms. The Hall–Kier alpha value is -1.57. The first-order valence-electron chi connectivity index (χ1n) is 4.20. The van der Waals surface area contributed by atoms with E-state index in [4.69, 9.17) is 4.74 Å². The van der Waals surface area contributed by atoms with Crippen LogP contribution in [0.2, 0.25) is 0 Å². The summed E-state index contributed by atoms with van der Waals surface area (Å²) >= 11 is 0. The van der Waals surface area contributed by atoms with Crippen LogP contribution in [-0.4, -0.2) is 12.6 Å². The second kappa shape index (κ2) is 3.05. The number of carbonyl (C=O) groups is 1. The standard InChI is InChI=1S/C11H10O2/c1-2-11(12)13-7-10-8-3-4-9(10)6-5-8/h2-6,10H,1,7H2. The van der Waals surface area contributed by atoms with Crippen molar-refractivity contribution in [2.45, 2.75) is 0 Å². The summed E-state index contributed by atoms with van der Waals surface area (Å²) in [6, 6.07) is 0. The number of esters is 1. The normalized spacial score (nSPS) is 18.5. The van der Waals surface area contributed by atoms with Crippen molar-refractivity contribution < 1.29 is 9.53 Å². The molecular weight excluding hydrogens is 164 g/mol. The molecule has 0 spiro atoms. The average molecular weight is 174 g/mol. The molecule has 0 unspecified atom stereocenters. The molecule has 0 aromatic heterocycles. The van der Waals surface area contributed by atoms with Crippen LogP contribution in [0.25, 0.3) is 0 Å². The number of allylic oxidation sites excluding steroid dienone is 4. The first kappa shape index (κ1) is 8.05. The van der Waals surface area contributed by atoms with Gasteiger partial charge in [0, 0.05) is 12.0 Å². The molecule has 0 atom stereocenters. The summed E-state index contributed by atoms with van der Waals surface area (Å²) < 4.78 is 4.98. The summed E-state index contributed by atoms with van der Waals surface area (Å²) in [6.07, 6.45) is 9.42. The van der Waals surface area contributed by atoms with Crippen molar-refractivity contribution in [1.82, 2.24) is 0 Å². The molecule has 2 bridgehead atoms. The van der Waals surface area contributed by atoms with E-state index in [1.54, 1.807) is 0 Å². The third-order valence-corrected chi connectivity index (χ3v) is 2.30. The zero-order chi connectivity index (χ0) is 9.26. The lowest BCUT2D eigenvalue weighted by molar-refractivity contribution is -0.138. The third kappa shape index (κ3) is 1.35. The summed E-state index contributed by atoms with van der Waals surface area (Å²) in [7, 11) is 0. The topological polar surface area (TPSA) is 26.3 Å². The maximum Gasteiger partial charge on any atom is 0.330 e. The zero-order valence-corrected chi connectivity index (χ0v) is 7.19. The maximum atomic E-state index is 10.8. The molecule has 0 heterocycles. The predicted octanol–water partition coefficient (Wildman–Crippen LogP) is 1.77. The average Bonchev–Trinajstić information content (AvgIpc) is 2.73. The Kier molecular flexibility index (Phi) is 1.89. The summed E-state index contributed by atoms with van der Waals surface area (Å²) in [5, 5.41) is 0. The van der Waals surface area contributed by atoms with Crippen LogP contribution in [0, 0.1) is 5.92 Å². The first-order chi connectivity index (χ1) is 6.31. The van der Waals surface area contributed by atoms with Gasteiger partial charge in [0.2, 0.25) is 0 Å². The Morgan fingerprint density at radius 1 is 1.46 bits per heavy atom. The summed E-state index contributed by atoms with van der Waals surface area (Å²) in [4.78, 5) is 10.8. The van der Waals surface area contributed by atoms with Crippen molar-refractivity contribution in [3.63, 3.8) is 0 Å². The summed E-state index contributed by atoms with van der Waals surface area (Å²) in [6.45, 7) is 3.77. The van der Waals surface area contributed by atoms with Crippen molar-refractivity contribution in [3.8, 4) is 0 Å². The van der Waals surface area contributed by atoms with E-state index in [2.05, 4.69) is 30.9 Å². The van der Waals surface area contributed by atoms with E-state index < -0.39 is 0 Å². The van der Waals surface area contributed by atoms with Crippen molar-refractivity contribution >= 4 is 5.97 Å². The van der Waals surface area contributed by atoms with Crippen LogP contribution in [0.1, 0.15) is 0 Å². The Morgan fingerprint density at radius 3 is 2.54 bits per heavy atom. The Labute approximate surface area is 76.9 Å². The van der Waals surface area contributed by atoms with Crippen LogP contribution in [0.5, 0.6) is 0 Å². The van der Waals surface area contributed by atoms with Gasteiger partial charge in [-0.15, -0.1) is 0 Å². The SMILES string of the molecule is C=CC(=O)OCC1C2=CC=C1C=C2. The summed E-state index contributed by atoms with van der Waals surface area (Å²) in [5.41, 5.74) is 2.46. The molecule has 0 aromatic rings. The van der Waals surface area contributed by atoms with Crippen LogP contribution in [-0.2, 0) is 9.53 Å². The minimum Gasteiger partial charge on any atom is -0.462 e. The lowest BCUT2D eigenvalue weighted by atomic mass is 10.0. The molecule has 2 aliphatic carbocycles. The fourth-order valence-electron chi connectivity index (χ4n) is 1.57. The van der Waals surface area contributed by atoms with Gasteiger partial charge in [-0.25, -0.2) is 4.79 Å². The second-order valence-corrected chi connectivity index (χ2v) is 3.05. The quantitative estimate of drug-likeness (QED) is 0.481. The smallest absolute Gasteiger partial charge is 0.330 e. The number of ether oxygens (including phenoxy) is 1. The van der Waals surface area contributed by atoms with Crippen LogP contribution < -0.4 is 0 Å². The predicted molar refractivity (Wildman–Crippen MR) is 50.0 cm³/mol. The highest BCUT2D eigenvalue weighted by Crippen LogP contribution is 2.34. The van der Waals surface area contributed by atoms with Crippen LogP contribution in [0.15, 0.2) is 48.1 Å². The van der Waals surface area contributed by atoms with E-state index >= 15 is 0 Å². The van der Waals surface area contributed by atoms with E-state index in [-0.39, 0.29) is 11.9 Å². The Balaban J connectivity index is 1.93. The third-order valence-electron chi connectivity index (χ3n) is 2.30. The van der Waals surface area contributed by atoms with Crippen LogP contribution in [0.4, 0.5) is 0 Å². The minimum absolute atomic E-state index is 0.267. The van der Waals surface area contributed by atoms with Gasteiger partial charge < -0.3 is 4.74 Å². The number of carbonyl (C=O) groups excluding carboxylic acids is 1. The molecule has 0 N–H and O–H groups in total. The lowest BCUT2D eigenvalue weighted by Gasteiger charge is -2.09. The summed E-state index contributed by atoms with van der Waals surface area (Å²) in [5.74, 6) is -0.0867. The Morgan fingerprint density at radius 2 is 2.08 bits per heavy atom. The number of hydrogen-bond donors (Lipinski definition) is 0. The highest BCUT2D eigenvalue weighted by molar-refractivity contribution is 5.81. The molecule has 2 heteroatoms. The van der Waals surface area contributed by atoms with Gasteiger partial charge in [-0.05, 0) is 11.1 Å². The van der Waals surface area contributed by atoms with Gasteiger partial charge in [0.1, 0.15) is 6.61 Å². The van der Waals surface area contributed by atoms with Gasteiger partial charge in [-0.3, -0.25) is 0 Å². The van der Waals surface area contributed by atoms with Crippen molar-refractivity contribution in [2.24, 2.45) is 5.92 Å². The van der Waals surface area contributed by atoms with E-state index in [1.807, 2.05) is 0 Å². The van der Waals surface area contributed by atoms with Crippen molar-refractivity contribution in [3.05, 3.63) is 48.1 Å². The van der Waals surface area contributed by atoms with E-state index in [0.29, 0.717) is 6.61 Å². The monoisotopic (exact) mass is 174 g/mol. The van der Waals surface area contributed by atoms with E-state index in [1.165, 1.54) is 17.2 Å². The molecule has 66 valence electrons. The molecule has 0 amide bonds. The van der Waals surface area contributed by atoms with E-state index in [0.717, 1.165) is 0 Å². The molecule has 0 saturated carbocycles. The fraction of sp³-hybridized carbons (Fsp3) is 0.182. The van der Waals surface area contributed by atoms with Crippen molar-refractivity contribution in [1.29, 1.82) is 0 Å². The number of fused-ring (bicyclic) bond motifs is 2. The van der Waals surface area contributed by atoms with Gasteiger partial charge in [-0.1, -0.05) is 30.9 Å². The molecule has 0 aliphatic heterocycles. The number of hydrogen-bond acceptors (Lipinski definition) is 2. The molecule has 0 aromatic carbocycles. The molecule has 2 aliphatic rings. The van der Waals surface area contributed by atoms with Crippen LogP contribution >= 0.6 is 0 Å². The number of rotatable bonds is 3. The van der Waals surface area contributed by atoms with Gasteiger partial charge in [0.25, 0.3) is 0 Å². The van der Waals surface area contributed by atoms with Crippen molar-refractivity contribution in [2.75, 3.05) is 6.61 Å². The largest absolute Gasteiger partial charge is 0.462 e. The fourth-order valence-corrected chi connectivity index (χ4v) is 1.57. The Bertz CT molecular complexity index is 323. The molecular formula is C11H10O2. The van der Waals surface area contributed by atoms with Gasteiger partial charge in [0.05, 0.1) is 0 Å². The maximum absolute atomic E-state index is 10.8. The zero-order valence-electron chi connectivity index (χ0n) is 7.19. The van der Waals surface area contributed by atoms with Gasteiger partial charge >= 0.3 is 5.97 Å².